The molecule has 4 nitrogen and oxygen atoms in total. The molecule has 0 fully saturated rings. The van der Waals surface area contributed by atoms with Gasteiger partial charge in [-0.25, -0.2) is 0 Å². The molecule has 0 bridgehead atoms. The van der Waals surface area contributed by atoms with Crippen molar-refractivity contribution in [3.05, 3.63) is 52.0 Å². The molecule has 120 valence electrons. The Morgan fingerprint density at radius 2 is 1.87 bits per heavy atom. The number of hydrogen-bond donors (Lipinski definition) is 0. The number of hydrogen-bond acceptors (Lipinski definition) is 4. The molecule has 0 N–H and O–H groups in total. The van der Waals surface area contributed by atoms with Gasteiger partial charge in [-0.2, -0.15) is 0 Å². The molecule has 1 heterocycles. The zero-order chi connectivity index (χ0) is 16.6. The van der Waals surface area contributed by atoms with Crippen LogP contribution in [0.1, 0.15) is 34.0 Å². The summed E-state index contributed by atoms with van der Waals surface area (Å²) in [5, 5.41) is 0.574. The van der Waals surface area contributed by atoms with Crippen molar-refractivity contribution in [1.29, 1.82) is 0 Å². The highest BCUT2D eigenvalue weighted by Gasteiger charge is 2.29. The third kappa shape index (κ3) is 2.86. The lowest BCUT2D eigenvalue weighted by atomic mass is 9.95. The first-order chi connectivity index (χ1) is 11.0. The minimum Gasteiger partial charge on any atom is -0.493 e. The number of carbonyl (C=O) groups is 1. The molecule has 0 aliphatic carbocycles. The largest absolute Gasteiger partial charge is 0.493 e. The van der Waals surface area contributed by atoms with E-state index in [9.17, 15) is 4.79 Å². The van der Waals surface area contributed by atoms with E-state index in [1.54, 1.807) is 20.3 Å². The molecule has 0 saturated carbocycles. The normalized spacial score (nSPS) is 16.5. The van der Waals surface area contributed by atoms with E-state index in [1.165, 1.54) is 0 Å². The number of rotatable bonds is 3. The molecule has 2 aromatic rings. The Kier molecular flexibility index (Phi) is 4.18. The maximum Gasteiger partial charge on any atom is 0.170 e. The molecule has 1 aliphatic rings. The standard InChI is InChI=1S/C18H17ClO4/c1-10-6-17-12(8-13(10)19)14(20)9-16(23-17)11-4-5-15(21-2)18(7-11)22-3/h4-8,16H,9H2,1-3H3. The van der Waals surface area contributed by atoms with Gasteiger partial charge in [0.25, 0.3) is 0 Å². The average Bonchev–Trinajstić information content (AvgIpc) is 2.55. The Balaban J connectivity index is 1.97. The van der Waals surface area contributed by atoms with Gasteiger partial charge in [0, 0.05) is 5.02 Å². The van der Waals surface area contributed by atoms with Crippen molar-refractivity contribution >= 4 is 17.4 Å². The van der Waals surface area contributed by atoms with Gasteiger partial charge >= 0.3 is 0 Å². The zero-order valence-electron chi connectivity index (χ0n) is 13.2. The Labute approximate surface area is 139 Å². The van der Waals surface area contributed by atoms with Gasteiger partial charge in [-0.1, -0.05) is 17.7 Å². The van der Waals surface area contributed by atoms with E-state index >= 15 is 0 Å². The second-order valence-corrected chi connectivity index (χ2v) is 5.85. The Morgan fingerprint density at radius 3 is 2.57 bits per heavy atom. The van der Waals surface area contributed by atoms with E-state index in [0.717, 1.165) is 11.1 Å². The van der Waals surface area contributed by atoms with Crippen LogP contribution < -0.4 is 14.2 Å². The molecule has 0 saturated heterocycles. The first-order valence-electron chi connectivity index (χ1n) is 7.25. The molecule has 1 aliphatic heterocycles. The summed E-state index contributed by atoms with van der Waals surface area (Å²) in [5.41, 5.74) is 2.29. The highest BCUT2D eigenvalue weighted by Crippen LogP contribution is 2.39. The predicted molar refractivity (Wildman–Crippen MR) is 88.1 cm³/mol. The first-order valence-corrected chi connectivity index (χ1v) is 7.63. The number of halogens is 1. The number of methoxy groups -OCH3 is 2. The van der Waals surface area contributed by atoms with E-state index in [2.05, 4.69) is 0 Å². The lowest BCUT2D eigenvalue weighted by Crippen LogP contribution is -2.20. The van der Waals surface area contributed by atoms with Gasteiger partial charge in [-0.3, -0.25) is 4.79 Å². The molecule has 0 amide bonds. The van der Waals surface area contributed by atoms with Crippen molar-refractivity contribution in [3.63, 3.8) is 0 Å². The van der Waals surface area contributed by atoms with Crippen LogP contribution in [-0.2, 0) is 0 Å². The quantitative estimate of drug-likeness (QED) is 0.837. The fraction of sp³-hybridized carbons (Fsp3) is 0.278. The fourth-order valence-corrected chi connectivity index (χ4v) is 2.85. The first kappa shape index (κ1) is 15.7. The summed E-state index contributed by atoms with van der Waals surface area (Å²) < 4.78 is 16.6. The van der Waals surface area contributed by atoms with E-state index in [1.807, 2.05) is 31.2 Å². The Morgan fingerprint density at radius 1 is 1.13 bits per heavy atom. The second-order valence-electron chi connectivity index (χ2n) is 5.45. The molecule has 23 heavy (non-hydrogen) atoms. The lowest BCUT2D eigenvalue weighted by Gasteiger charge is -2.26. The molecular formula is C18H17ClO4. The summed E-state index contributed by atoms with van der Waals surface area (Å²) in [6, 6.07) is 9.02. The molecule has 0 aromatic heterocycles. The van der Waals surface area contributed by atoms with Crippen LogP contribution in [0.2, 0.25) is 5.02 Å². The third-order valence-corrected chi connectivity index (χ3v) is 4.39. The maximum atomic E-state index is 12.4. The van der Waals surface area contributed by atoms with Crippen molar-refractivity contribution in [2.45, 2.75) is 19.4 Å². The minimum atomic E-state index is -0.351. The van der Waals surface area contributed by atoms with Crippen LogP contribution >= 0.6 is 11.6 Å². The number of fused-ring (bicyclic) bond motifs is 1. The van der Waals surface area contributed by atoms with Gasteiger partial charge in [0.1, 0.15) is 11.9 Å². The molecule has 5 heteroatoms. The number of ether oxygens (including phenoxy) is 3. The Bertz CT molecular complexity index is 770. The lowest BCUT2D eigenvalue weighted by molar-refractivity contribution is 0.0849. The summed E-state index contributed by atoms with van der Waals surface area (Å²) in [6.45, 7) is 1.89. The number of Topliss-reactive ketones (excluding diaryl/α,β-unsaturated/α-hetero) is 1. The van der Waals surface area contributed by atoms with Gasteiger partial charge in [-0.15, -0.1) is 0 Å². The van der Waals surface area contributed by atoms with Crippen molar-refractivity contribution in [2.24, 2.45) is 0 Å². The van der Waals surface area contributed by atoms with Gasteiger partial charge in [0.2, 0.25) is 0 Å². The fourth-order valence-electron chi connectivity index (χ4n) is 2.68. The average molecular weight is 333 g/mol. The molecule has 0 spiro atoms. The van der Waals surface area contributed by atoms with Crippen molar-refractivity contribution in [2.75, 3.05) is 14.2 Å². The van der Waals surface area contributed by atoms with Crippen molar-refractivity contribution < 1.29 is 19.0 Å². The van der Waals surface area contributed by atoms with E-state index in [0.29, 0.717) is 27.8 Å². The number of ketones is 1. The van der Waals surface area contributed by atoms with E-state index in [-0.39, 0.29) is 18.3 Å². The number of carbonyl (C=O) groups excluding carboxylic acids is 1. The minimum absolute atomic E-state index is 0.0212. The topological polar surface area (TPSA) is 44.8 Å². The monoisotopic (exact) mass is 332 g/mol. The van der Waals surface area contributed by atoms with E-state index in [4.69, 9.17) is 25.8 Å². The molecule has 3 rings (SSSR count). The maximum absolute atomic E-state index is 12.4. The van der Waals surface area contributed by atoms with Crippen LogP contribution in [0, 0.1) is 6.92 Å². The van der Waals surface area contributed by atoms with Gasteiger partial charge < -0.3 is 14.2 Å². The van der Waals surface area contributed by atoms with Crippen LogP contribution in [-0.4, -0.2) is 20.0 Å². The summed E-state index contributed by atoms with van der Waals surface area (Å²) in [4.78, 5) is 12.4. The van der Waals surface area contributed by atoms with Gasteiger partial charge in [0.15, 0.2) is 17.3 Å². The number of benzene rings is 2. The summed E-state index contributed by atoms with van der Waals surface area (Å²) >= 11 is 6.10. The van der Waals surface area contributed by atoms with Crippen LogP contribution in [0.4, 0.5) is 0 Å². The van der Waals surface area contributed by atoms with Crippen LogP contribution in [0.5, 0.6) is 17.2 Å². The van der Waals surface area contributed by atoms with E-state index < -0.39 is 0 Å². The Hall–Kier alpha value is -2.20. The summed E-state index contributed by atoms with van der Waals surface area (Å²) in [7, 11) is 3.16. The molecule has 2 aromatic carbocycles. The van der Waals surface area contributed by atoms with Crippen molar-refractivity contribution in [3.8, 4) is 17.2 Å². The van der Waals surface area contributed by atoms with Gasteiger partial charge in [0.05, 0.1) is 26.2 Å². The molecule has 0 radical (unpaired) electrons. The smallest absolute Gasteiger partial charge is 0.170 e. The predicted octanol–water partition coefficient (Wildman–Crippen LogP) is 4.37. The third-order valence-electron chi connectivity index (χ3n) is 3.98. The summed E-state index contributed by atoms with van der Waals surface area (Å²) in [6.07, 6.45) is -0.0858. The summed E-state index contributed by atoms with van der Waals surface area (Å²) in [5.74, 6) is 1.84. The number of aryl methyl sites for hydroxylation is 1. The second kappa shape index (κ2) is 6.13. The highest BCUT2D eigenvalue weighted by atomic mass is 35.5. The van der Waals surface area contributed by atoms with Crippen LogP contribution in [0.3, 0.4) is 0 Å². The molecular weight excluding hydrogens is 316 g/mol. The molecule has 1 unspecified atom stereocenters. The van der Waals surface area contributed by atoms with Crippen LogP contribution in [0.15, 0.2) is 30.3 Å². The molecule has 1 atom stereocenters. The SMILES string of the molecule is COc1ccc(C2CC(=O)c3cc(Cl)c(C)cc3O2)cc1OC. The van der Waals surface area contributed by atoms with Gasteiger partial charge in [-0.05, 0) is 42.3 Å². The van der Waals surface area contributed by atoms with Crippen LogP contribution in [0.25, 0.3) is 0 Å². The van der Waals surface area contributed by atoms with Crippen molar-refractivity contribution in [1.82, 2.24) is 0 Å². The highest BCUT2D eigenvalue weighted by molar-refractivity contribution is 6.31. The zero-order valence-corrected chi connectivity index (χ0v) is 13.9.